The van der Waals surface area contributed by atoms with Gasteiger partial charge in [0.2, 0.25) is 0 Å². The topological polar surface area (TPSA) is 97.4 Å². The molecule has 0 spiro atoms. The van der Waals surface area contributed by atoms with Crippen molar-refractivity contribution in [1.82, 2.24) is 10.3 Å². The molecule has 1 aliphatic heterocycles. The lowest BCUT2D eigenvalue weighted by atomic mass is 10.1. The zero-order valence-electron chi connectivity index (χ0n) is 15.0. The monoisotopic (exact) mass is 367 g/mol. The number of ketones is 1. The van der Waals surface area contributed by atoms with Gasteiger partial charge in [-0.3, -0.25) is 19.4 Å². The number of benzene rings is 1. The molecule has 1 unspecified atom stereocenters. The molecular formula is C20H21N3O4. The Morgan fingerprint density at radius 1 is 1.07 bits per heavy atom. The van der Waals surface area contributed by atoms with Crippen LogP contribution in [0, 0.1) is 0 Å². The van der Waals surface area contributed by atoms with Gasteiger partial charge < -0.3 is 15.4 Å². The predicted molar refractivity (Wildman–Crippen MR) is 99.9 cm³/mol. The summed E-state index contributed by atoms with van der Waals surface area (Å²) in [7, 11) is 0. The van der Waals surface area contributed by atoms with E-state index in [0.717, 1.165) is 19.4 Å². The lowest BCUT2D eigenvalue weighted by Gasteiger charge is -2.11. The molecule has 7 nitrogen and oxygen atoms in total. The van der Waals surface area contributed by atoms with Gasteiger partial charge in [-0.05, 0) is 50.1 Å². The number of aromatic nitrogens is 1. The van der Waals surface area contributed by atoms with Crippen molar-refractivity contribution >= 4 is 23.3 Å². The van der Waals surface area contributed by atoms with E-state index in [4.69, 9.17) is 4.74 Å². The summed E-state index contributed by atoms with van der Waals surface area (Å²) >= 11 is 0. The molecule has 1 atom stereocenters. The zero-order chi connectivity index (χ0) is 19.2. The second kappa shape index (κ2) is 8.55. The molecule has 2 heterocycles. The average molecular weight is 367 g/mol. The lowest BCUT2D eigenvalue weighted by molar-refractivity contribution is 0.0857. The first-order chi connectivity index (χ1) is 13.0. The minimum Gasteiger partial charge on any atom is -0.376 e. The van der Waals surface area contributed by atoms with E-state index < -0.39 is 0 Å². The summed E-state index contributed by atoms with van der Waals surface area (Å²) in [5.74, 6) is -0.718. The van der Waals surface area contributed by atoms with Gasteiger partial charge in [-0.15, -0.1) is 0 Å². The molecule has 1 saturated heterocycles. The highest BCUT2D eigenvalue weighted by molar-refractivity contribution is 6.06. The standard InChI is InChI=1S/C20H21N3O4/c1-13(24)14-4-6-17(7-5-14)23-20(26)16-9-15(10-21-11-16)19(25)22-12-18-3-2-8-27-18/h4-7,9-11,18H,2-3,8,12H2,1H3,(H,22,25)(H,23,26). The molecule has 0 radical (unpaired) electrons. The molecule has 3 rings (SSSR count). The summed E-state index contributed by atoms with van der Waals surface area (Å²) in [6.45, 7) is 2.65. The van der Waals surface area contributed by atoms with Crippen molar-refractivity contribution in [3.63, 3.8) is 0 Å². The first-order valence-electron chi connectivity index (χ1n) is 8.80. The van der Waals surface area contributed by atoms with E-state index in [2.05, 4.69) is 15.6 Å². The quantitative estimate of drug-likeness (QED) is 0.765. The van der Waals surface area contributed by atoms with E-state index in [9.17, 15) is 14.4 Å². The van der Waals surface area contributed by atoms with Crippen molar-refractivity contribution in [2.24, 2.45) is 0 Å². The summed E-state index contributed by atoms with van der Waals surface area (Å²) < 4.78 is 5.48. The van der Waals surface area contributed by atoms with Crippen LogP contribution in [0.1, 0.15) is 50.8 Å². The van der Waals surface area contributed by atoms with Gasteiger partial charge in [-0.1, -0.05) is 0 Å². The van der Waals surface area contributed by atoms with Gasteiger partial charge in [0.15, 0.2) is 5.78 Å². The highest BCUT2D eigenvalue weighted by Gasteiger charge is 2.17. The molecule has 27 heavy (non-hydrogen) atoms. The summed E-state index contributed by atoms with van der Waals surface area (Å²) in [5, 5.41) is 5.53. The number of nitrogens with zero attached hydrogens (tertiary/aromatic N) is 1. The van der Waals surface area contributed by atoms with Crippen LogP contribution in [0.4, 0.5) is 5.69 Å². The Balaban J connectivity index is 1.62. The molecule has 7 heteroatoms. The maximum atomic E-state index is 12.4. The van der Waals surface area contributed by atoms with Crippen LogP contribution in [0.15, 0.2) is 42.7 Å². The number of ether oxygens (including phenoxy) is 1. The van der Waals surface area contributed by atoms with Crippen LogP contribution in [-0.2, 0) is 4.74 Å². The van der Waals surface area contributed by atoms with E-state index in [1.54, 1.807) is 24.3 Å². The van der Waals surface area contributed by atoms with E-state index in [1.807, 2.05) is 0 Å². The Hall–Kier alpha value is -3.06. The molecule has 2 N–H and O–H groups in total. The smallest absolute Gasteiger partial charge is 0.257 e. The van der Waals surface area contributed by atoms with E-state index in [0.29, 0.717) is 23.4 Å². The fourth-order valence-electron chi connectivity index (χ4n) is 2.79. The van der Waals surface area contributed by atoms with Crippen molar-refractivity contribution in [1.29, 1.82) is 0 Å². The molecule has 0 aliphatic carbocycles. The fourth-order valence-corrected chi connectivity index (χ4v) is 2.79. The lowest BCUT2D eigenvalue weighted by Crippen LogP contribution is -2.32. The zero-order valence-corrected chi connectivity index (χ0v) is 15.0. The van der Waals surface area contributed by atoms with Gasteiger partial charge in [0.25, 0.3) is 11.8 Å². The normalized spacial score (nSPS) is 16.0. The van der Waals surface area contributed by atoms with Crippen molar-refractivity contribution in [2.75, 3.05) is 18.5 Å². The van der Waals surface area contributed by atoms with Crippen LogP contribution in [0.25, 0.3) is 0 Å². The third-order valence-electron chi connectivity index (χ3n) is 4.33. The Labute approximate surface area is 157 Å². The summed E-state index contributed by atoms with van der Waals surface area (Å²) in [6.07, 6.45) is 4.81. The molecule has 140 valence electrons. The number of carbonyl (C=O) groups excluding carboxylic acids is 3. The summed E-state index contributed by atoms with van der Waals surface area (Å²) in [6, 6.07) is 8.09. The van der Waals surface area contributed by atoms with E-state index >= 15 is 0 Å². The third-order valence-corrected chi connectivity index (χ3v) is 4.33. The maximum absolute atomic E-state index is 12.4. The molecule has 1 fully saturated rings. The number of pyridine rings is 1. The highest BCUT2D eigenvalue weighted by Crippen LogP contribution is 2.13. The molecule has 2 amide bonds. The average Bonchev–Trinajstić information content (AvgIpc) is 3.20. The van der Waals surface area contributed by atoms with Crippen molar-refractivity contribution in [3.05, 3.63) is 59.4 Å². The second-order valence-electron chi connectivity index (χ2n) is 6.40. The predicted octanol–water partition coefficient (Wildman–Crippen LogP) is 2.45. The van der Waals surface area contributed by atoms with Crippen LogP contribution in [0.2, 0.25) is 0 Å². The highest BCUT2D eigenvalue weighted by atomic mass is 16.5. The number of Topliss-reactive ketones (excluding diaryl/α,β-unsaturated/α-hetero) is 1. The number of rotatable bonds is 6. The first-order valence-corrected chi connectivity index (χ1v) is 8.80. The van der Waals surface area contributed by atoms with Crippen LogP contribution in [-0.4, -0.2) is 41.8 Å². The van der Waals surface area contributed by atoms with Crippen LogP contribution >= 0.6 is 0 Å². The van der Waals surface area contributed by atoms with Crippen molar-refractivity contribution in [3.8, 4) is 0 Å². The number of hydrogen-bond acceptors (Lipinski definition) is 5. The Bertz CT molecular complexity index is 843. The third kappa shape index (κ3) is 4.98. The largest absolute Gasteiger partial charge is 0.376 e. The molecule has 2 aromatic rings. The van der Waals surface area contributed by atoms with E-state index in [1.165, 1.54) is 25.4 Å². The number of carbonyl (C=O) groups is 3. The summed E-state index contributed by atoms with van der Waals surface area (Å²) in [4.78, 5) is 40.0. The van der Waals surface area contributed by atoms with Crippen molar-refractivity contribution in [2.45, 2.75) is 25.9 Å². The summed E-state index contributed by atoms with van der Waals surface area (Å²) in [5.41, 5.74) is 1.71. The number of hydrogen-bond donors (Lipinski definition) is 2. The molecule has 0 bridgehead atoms. The molecule has 0 saturated carbocycles. The van der Waals surface area contributed by atoms with Gasteiger partial charge >= 0.3 is 0 Å². The number of amides is 2. The SMILES string of the molecule is CC(=O)c1ccc(NC(=O)c2cncc(C(=O)NCC3CCCO3)c2)cc1. The van der Waals surface area contributed by atoms with Crippen LogP contribution < -0.4 is 10.6 Å². The van der Waals surface area contributed by atoms with Gasteiger partial charge in [-0.25, -0.2) is 0 Å². The van der Waals surface area contributed by atoms with Crippen LogP contribution in [0.5, 0.6) is 0 Å². The Kier molecular flexibility index (Phi) is 5.93. The molecule has 1 aliphatic rings. The minimum atomic E-state index is -0.383. The van der Waals surface area contributed by atoms with Gasteiger partial charge in [-0.2, -0.15) is 0 Å². The Morgan fingerprint density at radius 3 is 2.41 bits per heavy atom. The van der Waals surface area contributed by atoms with Gasteiger partial charge in [0, 0.05) is 36.8 Å². The Morgan fingerprint density at radius 2 is 1.78 bits per heavy atom. The van der Waals surface area contributed by atoms with Gasteiger partial charge in [0.1, 0.15) is 0 Å². The number of anilines is 1. The minimum absolute atomic E-state index is 0.0428. The fraction of sp³-hybridized carbons (Fsp3) is 0.300. The first kappa shape index (κ1) is 18.7. The molecular weight excluding hydrogens is 346 g/mol. The van der Waals surface area contributed by atoms with Crippen LogP contribution in [0.3, 0.4) is 0 Å². The maximum Gasteiger partial charge on any atom is 0.257 e. The second-order valence-corrected chi connectivity index (χ2v) is 6.40. The van der Waals surface area contributed by atoms with E-state index in [-0.39, 0.29) is 29.3 Å². The van der Waals surface area contributed by atoms with Crippen molar-refractivity contribution < 1.29 is 19.1 Å². The molecule has 1 aromatic heterocycles. The number of nitrogens with one attached hydrogen (secondary N) is 2. The van der Waals surface area contributed by atoms with Gasteiger partial charge in [0.05, 0.1) is 17.2 Å². The molecule has 1 aromatic carbocycles.